The molecule has 0 aliphatic rings. The number of Topliss-reactive ketones (excluding diaryl/α,β-unsaturated/α-hetero) is 1. The normalized spacial score (nSPS) is 11.5. The lowest BCUT2D eigenvalue weighted by atomic mass is 9.92. The molecule has 6 heteroatoms. The first kappa shape index (κ1) is 27.6. The summed E-state index contributed by atoms with van der Waals surface area (Å²) in [6.07, 6.45) is 1.83. The van der Waals surface area contributed by atoms with Crippen LogP contribution in [-0.4, -0.2) is 30.1 Å². The summed E-state index contributed by atoms with van der Waals surface area (Å²) in [5.41, 5.74) is 10.5. The van der Waals surface area contributed by atoms with Crippen LogP contribution in [0.1, 0.15) is 46.8 Å². The number of hydrogen-bond acceptors (Lipinski definition) is 5. The third-order valence-corrected chi connectivity index (χ3v) is 6.42. The van der Waals surface area contributed by atoms with Crippen molar-refractivity contribution >= 4 is 11.8 Å². The maximum absolute atomic E-state index is 13.0. The van der Waals surface area contributed by atoms with Crippen molar-refractivity contribution in [2.75, 3.05) is 13.2 Å². The highest BCUT2D eigenvalue weighted by molar-refractivity contribution is 6.00. The van der Waals surface area contributed by atoms with Crippen LogP contribution < -0.4 is 15.2 Å². The van der Waals surface area contributed by atoms with Crippen molar-refractivity contribution in [2.45, 2.75) is 31.7 Å². The molecule has 200 valence electrons. The van der Waals surface area contributed by atoms with Crippen LogP contribution in [-0.2, 0) is 11.2 Å². The average Bonchev–Trinajstić information content (AvgIpc) is 2.98. The van der Waals surface area contributed by atoms with Crippen molar-refractivity contribution in [3.05, 3.63) is 120 Å². The van der Waals surface area contributed by atoms with Crippen molar-refractivity contribution < 1.29 is 24.2 Å². The van der Waals surface area contributed by atoms with Gasteiger partial charge >= 0.3 is 5.97 Å². The fraction of sp³-hybridized carbons (Fsp3) is 0.212. The standard InChI is InChI=1S/C33H33NO5/c34-32(33(37)26-12-5-2-6-13-26)30-23-29(18-16-25(30)17-19-31(35)36)39-21-8-7-20-38-28-15-9-14-27(22-28)24-10-3-1-4-11-24/h1-6,9-16,18,22-23,32H,7-8,17,19-21,34H2,(H,35,36). The molecule has 0 saturated carbocycles. The first-order chi connectivity index (χ1) is 19.0. The van der Waals surface area contributed by atoms with Crippen LogP contribution in [0.2, 0.25) is 0 Å². The number of ketones is 1. The number of carboxylic acid groups (broad SMARTS) is 1. The fourth-order valence-electron chi connectivity index (χ4n) is 4.33. The van der Waals surface area contributed by atoms with Gasteiger partial charge in [-0.05, 0) is 65.8 Å². The number of benzene rings is 4. The van der Waals surface area contributed by atoms with E-state index in [0.29, 0.717) is 30.1 Å². The van der Waals surface area contributed by atoms with Gasteiger partial charge in [0, 0.05) is 12.0 Å². The highest BCUT2D eigenvalue weighted by Crippen LogP contribution is 2.27. The van der Waals surface area contributed by atoms with E-state index in [4.69, 9.17) is 20.3 Å². The van der Waals surface area contributed by atoms with Gasteiger partial charge in [-0.15, -0.1) is 0 Å². The van der Waals surface area contributed by atoms with Crippen LogP contribution in [0, 0.1) is 0 Å². The molecule has 4 rings (SSSR count). The van der Waals surface area contributed by atoms with Crippen molar-refractivity contribution in [2.24, 2.45) is 5.73 Å². The Morgan fingerprint density at radius 1 is 0.718 bits per heavy atom. The highest BCUT2D eigenvalue weighted by Gasteiger charge is 2.21. The number of ether oxygens (including phenoxy) is 2. The van der Waals surface area contributed by atoms with Crippen LogP contribution in [0.25, 0.3) is 11.1 Å². The molecule has 0 amide bonds. The summed E-state index contributed by atoms with van der Waals surface area (Å²) in [5.74, 6) is 0.295. The molecule has 0 bridgehead atoms. The van der Waals surface area contributed by atoms with Crippen LogP contribution >= 0.6 is 0 Å². The van der Waals surface area contributed by atoms with Gasteiger partial charge in [-0.25, -0.2) is 0 Å². The van der Waals surface area contributed by atoms with Crippen molar-refractivity contribution in [1.29, 1.82) is 0 Å². The van der Waals surface area contributed by atoms with E-state index in [1.54, 1.807) is 42.5 Å². The molecule has 0 heterocycles. The number of carbonyl (C=O) groups is 2. The maximum atomic E-state index is 13.0. The van der Waals surface area contributed by atoms with Gasteiger partial charge in [0.05, 0.1) is 19.3 Å². The predicted molar refractivity (Wildman–Crippen MR) is 152 cm³/mol. The Labute approximate surface area is 229 Å². The maximum Gasteiger partial charge on any atom is 0.303 e. The van der Waals surface area contributed by atoms with E-state index in [1.165, 1.54) is 0 Å². The Bertz CT molecular complexity index is 1370. The molecule has 3 N–H and O–H groups in total. The topological polar surface area (TPSA) is 98.9 Å². The van der Waals surface area contributed by atoms with Crippen molar-refractivity contribution in [3.8, 4) is 22.6 Å². The first-order valence-electron chi connectivity index (χ1n) is 13.1. The molecule has 0 fully saturated rings. The lowest BCUT2D eigenvalue weighted by Crippen LogP contribution is -2.23. The van der Waals surface area contributed by atoms with Gasteiger partial charge in [0.1, 0.15) is 11.5 Å². The zero-order chi connectivity index (χ0) is 27.5. The third kappa shape index (κ3) is 8.03. The van der Waals surface area contributed by atoms with Gasteiger partial charge in [0.2, 0.25) is 0 Å². The second-order valence-corrected chi connectivity index (χ2v) is 9.26. The largest absolute Gasteiger partial charge is 0.494 e. The number of carboxylic acids is 1. The molecule has 0 saturated heterocycles. The van der Waals surface area contributed by atoms with E-state index < -0.39 is 12.0 Å². The molecule has 39 heavy (non-hydrogen) atoms. The van der Waals surface area contributed by atoms with Crippen molar-refractivity contribution in [1.82, 2.24) is 0 Å². The van der Waals surface area contributed by atoms with Crippen LogP contribution in [0.4, 0.5) is 0 Å². The van der Waals surface area contributed by atoms with Gasteiger partial charge < -0.3 is 20.3 Å². The summed E-state index contributed by atoms with van der Waals surface area (Å²) >= 11 is 0. The zero-order valence-electron chi connectivity index (χ0n) is 21.8. The molecule has 0 radical (unpaired) electrons. The molecule has 1 atom stereocenters. The molecule has 4 aromatic rings. The number of hydrogen-bond donors (Lipinski definition) is 2. The SMILES string of the molecule is NC(C(=O)c1ccccc1)c1cc(OCCCCOc2cccc(-c3ccccc3)c2)ccc1CCC(=O)O. The molecule has 0 aromatic heterocycles. The predicted octanol–water partition coefficient (Wildman–Crippen LogP) is 6.49. The first-order valence-corrected chi connectivity index (χ1v) is 13.1. The Morgan fingerprint density at radius 3 is 2.00 bits per heavy atom. The lowest BCUT2D eigenvalue weighted by molar-refractivity contribution is -0.136. The highest BCUT2D eigenvalue weighted by atomic mass is 16.5. The quantitative estimate of drug-likeness (QED) is 0.145. The number of aliphatic carboxylic acids is 1. The van der Waals surface area contributed by atoms with Gasteiger partial charge in [0.15, 0.2) is 5.78 Å². The second-order valence-electron chi connectivity index (χ2n) is 9.26. The summed E-state index contributed by atoms with van der Waals surface area (Å²) in [6.45, 7) is 1.04. The molecule has 0 aliphatic carbocycles. The second kappa shape index (κ2) is 13.9. The molecule has 0 aliphatic heterocycles. The molecular weight excluding hydrogens is 490 g/mol. The average molecular weight is 524 g/mol. The third-order valence-electron chi connectivity index (χ3n) is 6.42. The Hall–Kier alpha value is -4.42. The van der Waals surface area contributed by atoms with Gasteiger partial charge in [-0.2, -0.15) is 0 Å². The monoisotopic (exact) mass is 523 g/mol. The minimum atomic E-state index is -0.917. The summed E-state index contributed by atoms with van der Waals surface area (Å²) in [5, 5.41) is 9.14. The minimum Gasteiger partial charge on any atom is -0.494 e. The van der Waals surface area contributed by atoms with E-state index >= 15 is 0 Å². The Kier molecular flexibility index (Phi) is 9.86. The van der Waals surface area contributed by atoms with E-state index in [9.17, 15) is 9.59 Å². The Morgan fingerprint density at radius 2 is 1.33 bits per heavy atom. The summed E-state index contributed by atoms with van der Waals surface area (Å²) in [7, 11) is 0. The van der Waals surface area contributed by atoms with E-state index in [0.717, 1.165) is 35.3 Å². The van der Waals surface area contributed by atoms with Gasteiger partial charge in [0.25, 0.3) is 0 Å². The van der Waals surface area contributed by atoms with E-state index in [1.807, 2.05) is 42.5 Å². The smallest absolute Gasteiger partial charge is 0.303 e. The number of carbonyl (C=O) groups excluding carboxylic acids is 1. The molecule has 0 spiro atoms. The molecule has 6 nitrogen and oxygen atoms in total. The zero-order valence-corrected chi connectivity index (χ0v) is 21.8. The van der Waals surface area contributed by atoms with Crippen LogP contribution in [0.5, 0.6) is 11.5 Å². The summed E-state index contributed by atoms with van der Waals surface area (Å²) in [4.78, 5) is 24.1. The molecule has 1 unspecified atom stereocenters. The number of aryl methyl sites for hydroxylation is 1. The number of nitrogens with two attached hydrogens (primary N) is 1. The summed E-state index contributed by atoms with van der Waals surface area (Å²) in [6, 6.07) is 31.5. The van der Waals surface area contributed by atoms with Gasteiger partial charge in [-0.3, -0.25) is 9.59 Å². The number of unbranched alkanes of at least 4 members (excludes halogenated alkanes) is 1. The molecular formula is C33H33NO5. The van der Waals surface area contributed by atoms with Crippen LogP contribution in [0.15, 0.2) is 103 Å². The lowest BCUT2D eigenvalue weighted by Gasteiger charge is -2.17. The number of rotatable bonds is 14. The van der Waals surface area contributed by atoms with Crippen molar-refractivity contribution in [3.63, 3.8) is 0 Å². The summed E-state index contributed by atoms with van der Waals surface area (Å²) < 4.78 is 11.9. The van der Waals surface area contributed by atoms with E-state index in [-0.39, 0.29) is 18.6 Å². The van der Waals surface area contributed by atoms with Gasteiger partial charge in [-0.1, -0.05) is 78.9 Å². The fourth-order valence-corrected chi connectivity index (χ4v) is 4.33. The van der Waals surface area contributed by atoms with E-state index in [2.05, 4.69) is 18.2 Å². The Balaban J connectivity index is 1.31. The van der Waals surface area contributed by atoms with Crippen LogP contribution in [0.3, 0.4) is 0 Å². The molecule has 4 aromatic carbocycles. The minimum absolute atomic E-state index is 0.0479.